The first kappa shape index (κ1) is 17.2. The minimum atomic E-state index is -3.37. The lowest BCUT2D eigenvalue weighted by atomic mass is 10.3. The van der Waals surface area contributed by atoms with E-state index in [4.69, 9.17) is 0 Å². The molecule has 2 N–H and O–H groups in total. The molecule has 0 aliphatic heterocycles. The van der Waals surface area contributed by atoms with Crippen LogP contribution in [-0.4, -0.2) is 36.8 Å². The van der Waals surface area contributed by atoms with Gasteiger partial charge in [0.1, 0.15) is 0 Å². The molecule has 116 valence electrons. The minimum absolute atomic E-state index is 0.361. The summed E-state index contributed by atoms with van der Waals surface area (Å²) in [5, 5.41) is 3.27. The van der Waals surface area contributed by atoms with Crippen LogP contribution < -0.4 is 5.32 Å². The van der Waals surface area contributed by atoms with E-state index in [2.05, 4.69) is 24.1 Å². The van der Waals surface area contributed by atoms with Gasteiger partial charge in [-0.05, 0) is 18.9 Å². The monoisotopic (exact) mass is 301 g/mol. The number of hydrogen-bond acceptors (Lipinski definition) is 3. The van der Waals surface area contributed by atoms with Gasteiger partial charge in [-0.15, -0.1) is 0 Å². The van der Waals surface area contributed by atoms with Crippen LogP contribution in [0.15, 0.2) is 17.2 Å². The molecule has 0 saturated carbocycles. The van der Waals surface area contributed by atoms with Gasteiger partial charge >= 0.3 is 0 Å². The quantitative estimate of drug-likeness (QED) is 0.735. The molecule has 0 unspecified atom stereocenters. The molecule has 5 nitrogen and oxygen atoms in total. The number of sulfonamides is 1. The average Bonchev–Trinajstić information content (AvgIpc) is 2.85. The minimum Gasteiger partial charge on any atom is -0.363 e. The Bertz CT molecular complexity index is 488. The maximum absolute atomic E-state index is 12.5. The molecule has 0 spiro atoms. The van der Waals surface area contributed by atoms with Gasteiger partial charge in [-0.2, -0.15) is 4.31 Å². The molecule has 1 rings (SSSR count). The van der Waals surface area contributed by atoms with Crippen molar-refractivity contribution in [1.29, 1.82) is 0 Å². The molecule has 1 aromatic rings. The van der Waals surface area contributed by atoms with Crippen molar-refractivity contribution in [2.45, 2.75) is 58.0 Å². The van der Waals surface area contributed by atoms with Gasteiger partial charge in [-0.3, -0.25) is 0 Å². The Labute approximate surface area is 122 Å². The smallest absolute Gasteiger partial charge is 0.244 e. The maximum Gasteiger partial charge on any atom is 0.244 e. The molecule has 0 amide bonds. The second kappa shape index (κ2) is 7.81. The van der Waals surface area contributed by atoms with Crippen molar-refractivity contribution in [1.82, 2.24) is 14.6 Å². The van der Waals surface area contributed by atoms with E-state index < -0.39 is 10.0 Å². The number of rotatable bonds is 9. The molecule has 6 heteroatoms. The fraction of sp³-hybridized carbons (Fsp3) is 0.714. The molecule has 0 aliphatic rings. The molecular weight excluding hydrogens is 274 g/mol. The highest BCUT2D eigenvalue weighted by Gasteiger charge is 2.24. The third kappa shape index (κ3) is 4.61. The lowest BCUT2D eigenvalue weighted by Crippen LogP contribution is -2.32. The number of nitrogens with one attached hydrogen (secondary N) is 2. The fourth-order valence-electron chi connectivity index (χ4n) is 1.98. The zero-order chi connectivity index (χ0) is 15.2. The first-order chi connectivity index (χ1) is 9.41. The van der Waals surface area contributed by atoms with Crippen molar-refractivity contribution >= 4 is 10.0 Å². The zero-order valence-corrected chi connectivity index (χ0v) is 13.8. The van der Waals surface area contributed by atoms with Crippen LogP contribution in [0.3, 0.4) is 0 Å². The van der Waals surface area contributed by atoms with Crippen LogP contribution in [0, 0.1) is 0 Å². The third-order valence-corrected chi connectivity index (χ3v) is 4.88. The highest BCUT2D eigenvalue weighted by molar-refractivity contribution is 7.89. The summed E-state index contributed by atoms with van der Waals surface area (Å²) in [5.41, 5.74) is 0.894. The summed E-state index contributed by atoms with van der Waals surface area (Å²) in [6.45, 7) is 9.90. The molecule has 0 bridgehead atoms. The van der Waals surface area contributed by atoms with Crippen molar-refractivity contribution < 1.29 is 8.42 Å². The fourth-order valence-corrected chi connectivity index (χ4v) is 3.63. The molecule has 0 atom stereocenters. The summed E-state index contributed by atoms with van der Waals surface area (Å²) in [4.78, 5) is 3.40. The Morgan fingerprint density at radius 1 is 1.25 bits per heavy atom. The van der Waals surface area contributed by atoms with Crippen molar-refractivity contribution in [2.24, 2.45) is 0 Å². The van der Waals surface area contributed by atoms with Crippen LogP contribution in [0.2, 0.25) is 0 Å². The summed E-state index contributed by atoms with van der Waals surface area (Å²) in [6, 6.07) is 2.10. The Morgan fingerprint density at radius 2 is 1.85 bits per heavy atom. The highest BCUT2D eigenvalue weighted by Crippen LogP contribution is 2.17. The predicted octanol–water partition coefficient (Wildman–Crippen LogP) is 2.32. The maximum atomic E-state index is 12.5. The van der Waals surface area contributed by atoms with Gasteiger partial charge in [-0.1, -0.05) is 27.7 Å². The molecular formula is C14H27N3O2S. The van der Waals surface area contributed by atoms with Gasteiger partial charge in [0, 0.05) is 37.6 Å². The summed E-state index contributed by atoms with van der Waals surface area (Å²) in [5.74, 6) is 0. The SMILES string of the molecule is CCCN(CCC)S(=O)(=O)c1c[nH]c(CNC(C)C)c1. The lowest BCUT2D eigenvalue weighted by Gasteiger charge is -2.20. The van der Waals surface area contributed by atoms with Gasteiger partial charge in [0.25, 0.3) is 0 Å². The second-order valence-electron chi connectivity index (χ2n) is 5.30. The van der Waals surface area contributed by atoms with Crippen molar-refractivity contribution in [3.8, 4) is 0 Å². The molecule has 0 aromatic carbocycles. The van der Waals surface area contributed by atoms with Crippen LogP contribution in [0.4, 0.5) is 0 Å². The van der Waals surface area contributed by atoms with E-state index in [1.54, 1.807) is 16.6 Å². The van der Waals surface area contributed by atoms with Gasteiger partial charge in [0.15, 0.2) is 0 Å². The summed E-state index contributed by atoms with van der Waals surface area (Å²) in [6.07, 6.45) is 3.24. The molecule has 0 saturated heterocycles. The van der Waals surface area contributed by atoms with Gasteiger partial charge in [0.2, 0.25) is 10.0 Å². The first-order valence-electron chi connectivity index (χ1n) is 7.32. The third-order valence-electron chi connectivity index (χ3n) is 3.00. The molecule has 0 aliphatic carbocycles. The standard InChI is InChI=1S/C14H27N3O2S/c1-5-7-17(8-6-2)20(18,19)14-9-13(16-11-14)10-15-12(3)4/h9,11-12,15-16H,5-8,10H2,1-4H3. The van der Waals surface area contributed by atoms with Gasteiger partial charge < -0.3 is 10.3 Å². The topological polar surface area (TPSA) is 65.2 Å². The number of nitrogens with zero attached hydrogens (tertiary/aromatic N) is 1. The van der Waals surface area contributed by atoms with Gasteiger partial charge in [0.05, 0.1) is 4.90 Å². The summed E-state index contributed by atoms with van der Waals surface area (Å²) < 4.78 is 26.7. The van der Waals surface area contributed by atoms with E-state index in [1.165, 1.54) is 0 Å². The van der Waals surface area contributed by atoms with Gasteiger partial charge in [-0.25, -0.2) is 8.42 Å². The molecule has 20 heavy (non-hydrogen) atoms. The Balaban J connectivity index is 2.85. The van der Waals surface area contributed by atoms with Crippen molar-refractivity contribution in [2.75, 3.05) is 13.1 Å². The molecule has 0 radical (unpaired) electrons. The predicted molar refractivity (Wildman–Crippen MR) is 82.1 cm³/mol. The number of aromatic nitrogens is 1. The molecule has 1 aromatic heterocycles. The second-order valence-corrected chi connectivity index (χ2v) is 7.24. The Kier molecular flexibility index (Phi) is 6.71. The van der Waals surface area contributed by atoms with Crippen LogP contribution in [0.25, 0.3) is 0 Å². The van der Waals surface area contributed by atoms with Crippen molar-refractivity contribution in [3.05, 3.63) is 18.0 Å². The van der Waals surface area contributed by atoms with E-state index in [0.29, 0.717) is 30.6 Å². The number of hydrogen-bond donors (Lipinski definition) is 2. The van der Waals surface area contributed by atoms with E-state index in [0.717, 1.165) is 18.5 Å². The average molecular weight is 301 g/mol. The number of aromatic amines is 1. The Hall–Kier alpha value is -0.850. The van der Waals surface area contributed by atoms with Crippen LogP contribution in [0.5, 0.6) is 0 Å². The van der Waals surface area contributed by atoms with Crippen molar-refractivity contribution in [3.63, 3.8) is 0 Å². The normalized spacial score (nSPS) is 12.5. The Morgan fingerprint density at radius 3 is 2.35 bits per heavy atom. The molecule has 1 heterocycles. The van der Waals surface area contributed by atoms with E-state index in [-0.39, 0.29) is 0 Å². The van der Waals surface area contributed by atoms with Crippen LogP contribution in [0.1, 0.15) is 46.2 Å². The largest absolute Gasteiger partial charge is 0.363 e. The van der Waals surface area contributed by atoms with E-state index >= 15 is 0 Å². The summed E-state index contributed by atoms with van der Waals surface area (Å²) >= 11 is 0. The molecule has 0 fully saturated rings. The zero-order valence-electron chi connectivity index (χ0n) is 12.9. The van der Waals surface area contributed by atoms with Crippen LogP contribution >= 0.6 is 0 Å². The van der Waals surface area contributed by atoms with E-state index in [1.807, 2.05) is 13.8 Å². The summed E-state index contributed by atoms with van der Waals surface area (Å²) in [7, 11) is -3.37. The first-order valence-corrected chi connectivity index (χ1v) is 8.76. The number of H-pyrrole nitrogens is 1. The van der Waals surface area contributed by atoms with E-state index in [9.17, 15) is 8.42 Å². The highest BCUT2D eigenvalue weighted by atomic mass is 32.2. The lowest BCUT2D eigenvalue weighted by molar-refractivity contribution is 0.410. The van der Waals surface area contributed by atoms with Crippen LogP contribution in [-0.2, 0) is 16.6 Å².